The first kappa shape index (κ1) is 15.1. The molecule has 0 aliphatic carbocycles. The Balaban J connectivity index is 1.84. The Bertz CT molecular complexity index is 1060. The molecule has 0 radical (unpaired) electrons. The van der Waals surface area contributed by atoms with Gasteiger partial charge < -0.3 is 9.84 Å². The van der Waals surface area contributed by atoms with Gasteiger partial charge in [-0.05, 0) is 36.4 Å². The van der Waals surface area contributed by atoms with Crippen LogP contribution in [0.5, 0.6) is 0 Å². The van der Waals surface area contributed by atoms with E-state index < -0.39 is 11.6 Å². The van der Waals surface area contributed by atoms with Crippen LogP contribution in [-0.2, 0) is 0 Å². The lowest BCUT2D eigenvalue weighted by Crippen LogP contribution is -1.98. The van der Waals surface area contributed by atoms with Crippen molar-refractivity contribution in [1.29, 1.82) is 0 Å². The number of anilines is 2. The molecule has 5 nitrogen and oxygen atoms in total. The van der Waals surface area contributed by atoms with E-state index in [4.69, 9.17) is 4.52 Å². The van der Waals surface area contributed by atoms with Crippen LogP contribution in [0, 0.1) is 17.5 Å². The van der Waals surface area contributed by atoms with Gasteiger partial charge in [0, 0.05) is 11.6 Å². The molecule has 0 saturated carbocycles. The molecule has 124 valence electrons. The number of nitrogens with one attached hydrogen (secondary N) is 1. The van der Waals surface area contributed by atoms with E-state index >= 15 is 0 Å². The minimum Gasteiger partial charge on any atom is -0.337 e. The molecule has 0 fully saturated rings. The van der Waals surface area contributed by atoms with Crippen molar-refractivity contribution in [3.05, 3.63) is 66.2 Å². The van der Waals surface area contributed by atoms with Crippen LogP contribution in [-0.4, -0.2) is 15.1 Å². The van der Waals surface area contributed by atoms with Crippen molar-refractivity contribution in [1.82, 2.24) is 15.1 Å². The van der Waals surface area contributed by atoms with Gasteiger partial charge >= 0.3 is 0 Å². The second-order valence-corrected chi connectivity index (χ2v) is 5.19. The largest absolute Gasteiger partial charge is 0.337 e. The molecule has 0 bridgehead atoms. The van der Waals surface area contributed by atoms with Crippen LogP contribution in [0.1, 0.15) is 0 Å². The normalized spacial score (nSPS) is 11.0. The highest BCUT2D eigenvalue weighted by atomic mass is 19.1. The zero-order chi connectivity index (χ0) is 17.4. The minimum atomic E-state index is -0.772. The highest BCUT2D eigenvalue weighted by molar-refractivity contribution is 5.98. The third-order valence-electron chi connectivity index (χ3n) is 3.57. The van der Waals surface area contributed by atoms with E-state index in [1.807, 2.05) is 0 Å². The number of nitrogens with zero attached hydrogens (tertiary/aromatic N) is 3. The fourth-order valence-electron chi connectivity index (χ4n) is 2.40. The Labute approximate surface area is 139 Å². The van der Waals surface area contributed by atoms with Crippen molar-refractivity contribution >= 4 is 22.6 Å². The topological polar surface area (TPSA) is 63.8 Å². The van der Waals surface area contributed by atoms with E-state index in [1.165, 1.54) is 36.7 Å². The fraction of sp³-hybridized carbons (Fsp3) is 0. The summed E-state index contributed by atoms with van der Waals surface area (Å²) >= 11 is 0. The first-order chi connectivity index (χ1) is 12.1. The number of rotatable bonds is 3. The molecule has 0 spiro atoms. The average Bonchev–Trinajstić information content (AvgIpc) is 3.03. The SMILES string of the molecule is Fc1ccc(-c2noc3ncnc(Nc4ccc(F)cc4F)c23)cc1. The molecule has 0 aliphatic rings. The van der Waals surface area contributed by atoms with E-state index in [2.05, 4.69) is 20.4 Å². The summed E-state index contributed by atoms with van der Waals surface area (Å²) in [5.74, 6) is -1.62. The number of hydrogen-bond donors (Lipinski definition) is 1. The zero-order valence-corrected chi connectivity index (χ0v) is 12.5. The Morgan fingerprint density at radius 3 is 2.40 bits per heavy atom. The van der Waals surface area contributed by atoms with Gasteiger partial charge in [0.15, 0.2) is 0 Å². The maximum absolute atomic E-state index is 13.9. The van der Waals surface area contributed by atoms with Crippen LogP contribution >= 0.6 is 0 Å². The van der Waals surface area contributed by atoms with E-state index in [1.54, 1.807) is 0 Å². The lowest BCUT2D eigenvalue weighted by atomic mass is 10.1. The molecular formula is C17H9F3N4O. The Hall–Kier alpha value is -3.42. The van der Waals surface area contributed by atoms with E-state index in [0.717, 1.165) is 12.1 Å². The lowest BCUT2D eigenvalue weighted by Gasteiger charge is -2.08. The van der Waals surface area contributed by atoms with Crippen molar-refractivity contribution < 1.29 is 17.7 Å². The number of halogens is 3. The van der Waals surface area contributed by atoms with Crippen LogP contribution in [0.15, 0.2) is 53.3 Å². The third kappa shape index (κ3) is 2.78. The highest BCUT2D eigenvalue weighted by Crippen LogP contribution is 2.33. The van der Waals surface area contributed by atoms with Crippen LogP contribution < -0.4 is 5.32 Å². The third-order valence-corrected chi connectivity index (χ3v) is 3.57. The maximum atomic E-state index is 13.9. The standard InChI is InChI=1S/C17H9F3N4O/c18-10-3-1-9(2-4-10)15-14-16(21-8-22-17(14)25-24-15)23-13-6-5-11(19)7-12(13)20/h1-8H,(H,21,22,23). The van der Waals surface area contributed by atoms with Crippen LogP contribution in [0.2, 0.25) is 0 Å². The van der Waals surface area contributed by atoms with Crippen LogP contribution in [0.3, 0.4) is 0 Å². The molecule has 0 atom stereocenters. The quantitative estimate of drug-likeness (QED) is 0.596. The summed E-state index contributed by atoms with van der Waals surface area (Å²) in [6, 6.07) is 8.76. The van der Waals surface area contributed by atoms with E-state index in [-0.39, 0.29) is 23.0 Å². The van der Waals surface area contributed by atoms with Gasteiger partial charge in [-0.25, -0.2) is 18.2 Å². The molecule has 4 rings (SSSR count). The zero-order valence-electron chi connectivity index (χ0n) is 12.5. The summed E-state index contributed by atoms with van der Waals surface area (Å²) in [5, 5.41) is 7.12. The van der Waals surface area contributed by atoms with Gasteiger partial charge in [-0.3, -0.25) is 0 Å². The number of aromatic nitrogens is 3. The van der Waals surface area contributed by atoms with Gasteiger partial charge in [0.05, 0.1) is 5.69 Å². The summed E-state index contributed by atoms with van der Waals surface area (Å²) < 4.78 is 45.3. The van der Waals surface area contributed by atoms with E-state index in [9.17, 15) is 13.2 Å². The van der Waals surface area contributed by atoms with Crippen molar-refractivity contribution in [3.63, 3.8) is 0 Å². The first-order valence-electron chi connectivity index (χ1n) is 7.20. The van der Waals surface area contributed by atoms with Crippen LogP contribution in [0.25, 0.3) is 22.4 Å². The summed E-state index contributed by atoms with van der Waals surface area (Å²) in [6.45, 7) is 0. The Morgan fingerprint density at radius 1 is 0.880 bits per heavy atom. The van der Waals surface area contributed by atoms with Crippen LogP contribution in [0.4, 0.5) is 24.7 Å². The average molecular weight is 342 g/mol. The van der Waals surface area contributed by atoms with Crippen molar-refractivity contribution in [2.24, 2.45) is 0 Å². The van der Waals surface area contributed by atoms with Gasteiger partial charge in [-0.2, -0.15) is 4.98 Å². The number of benzene rings is 2. The minimum absolute atomic E-state index is 0.0349. The number of fused-ring (bicyclic) bond motifs is 1. The summed E-state index contributed by atoms with van der Waals surface area (Å²) in [5.41, 5.74) is 1.17. The summed E-state index contributed by atoms with van der Waals surface area (Å²) in [4.78, 5) is 8.06. The molecule has 1 N–H and O–H groups in total. The first-order valence-corrected chi connectivity index (χ1v) is 7.20. The number of hydrogen-bond acceptors (Lipinski definition) is 5. The van der Waals surface area contributed by atoms with Gasteiger partial charge in [-0.1, -0.05) is 5.16 Å². The highest BCUT2D eigenvalue weighted by Gasteiger charge is 2.18. The molecule has 0 aliphatic heterocycles. The molecule has 2 aromatic heterocycles. The molecule has 0 unspecified atom stereocenters. The molecule has 0 saturated heterocycles. The molecule has 25 heavy (non-hydrogen) atoms. The maximum Gasteiger partial charge on any atom is 0.263 e. The second-order valence-electron chi connectivity index (χ2n) is 5.19. The molecule has 8 heteroatoms. The Kier molecular flexibility index (Phi) is 3.57. The lowest BCUT2D eigenvalue weighted by molar-refractivity contribution is 0.451. The monoisotopic (exact) mass is 342 g/mol. The van der Waals surface area contributed by atoms with Gasteiger partial charge in [0.2, 0.25) is 0 Å². The smallest absolute Gasteiger partial charge is 0.263 e. The predicted molar refractivity (Wildman–Crippen MR) is 84.6 cm³/mol. The molecule has 2 heterocycles. The van der Waals surface area contributed by atoms with Gasteiger partial charge in [-0.15, -0.1) is 0 Å². The Morgan fingerprint density at radius 2 is 1.64 bits per heavy atom. The molecule has 4 aromatic rings. The van der Waals surface area contributed by atoms with Crippen molar-refractivity contribution in [2.75, 3.05) is 5.32 Å². The van der Waals surface area contributed by atoms with E-state index in [0.29, 0.717) is 16.6 Å². The van der Waals surface area contributed by atoms with Gasteiger partial charge in [0.1, 0.15) is 40.7 Å². The fourth-order valence-corrected chi connectivity index (χ4v) is 2.40. The molecular weight excluding hydrogens is 333 g/mol. The predicted octanol–water partition coefficient (Wildman–Crippen LogP) is 4.45. The van der Waals surface area contributed by atoms with Gasteiger partial charge in [0.25, 0.3) is 5.71 Å². The summed E-state index contributed by atoms with van der Waals surface area (Å²) in [6.07, 6.45) is 1.23. The second kappa shape index (κ2) is 5.90. The van der Waals surface area contributed by atoms with Crippen molar-refractivity contribution in [2.45, 2.75) is 0 Å². The van der Waals surface area contributed by atoms with Crippen molar-refractivity contribution in [3.8, 4) is 11.3 Å². The molecule has 0 amide bonds. The molecule has 2 aromatic carbocycles. The summed E-state index contributed by atoms with van der Waals surface area (Å²) in [7, 11) is 0.